The molecular weight excluding hydrogens is 239 g/mol. The van der Waals surface area contributed by atoms with Crippen LogP contribution >= 0.6 is 0 Å². The van der Waals surface area contributed by atoms with Crippen LogP contribution < -0.4 is 0 Å². The molecule has 0 radical (unpaired) electrons. The van der Waals surface area contributed by atoms with Crippen molar-refractivity contribution in [2.24, 2.45) is 0 Å². The van der Waals surface area contributed by atoms with E-state index in [1.54, 1.807) is 19.1 Å². The minimum Gasteiger partial charge on any atom is -0.289 e. The molecule has 0 aliphatic rings. The zero-order chi connectivity index (χ0) is 14.2. The largest absolute Gasteiger partial charge is 0.289 e. The van der Waals surface area contributed by atoms with Crippen LogP contribution in [0.25, 0.3) is 0 Å². The standard InChI is InChI=1S/C17H17FO/c1-10-7-12(3)16(13(4)8-10)17(19)14-6-5-11(2)15(18)9-14/h5-9H,1-4H3. The predicted molar refractivity (Wildman–Crippen MR) is 75.2 cm³/mol. The molecule has 1 nitrogen and oxygen atoms in total. The summed E-state index contributed by atoms with van der Waals surface area (Å²) in [4.78, 5) is 12.5. The number of aryl methyl sites for hydroxylation is 4. The molecule has 0 saturated carbocycles. The summed E-state index contributed by atoms with van der Waals surface area (Å²) in [7, 11) is 0. The number of carbonyl (C=O) groups excluding carboxylic acids is 1. The predicted octanol–water partition coefficient (Wildman–Crippen LogP) is 4.29. The molecule has 0 unspecified atom stereocenters. The molecule has 0 spiro atoms. The second-order valence-electron chi connectivity index (χ2n) is 5.07. The molecule has 2 rings (SSSR count). The molecule has 19 heavy (non-hydrogen) atoms. The molecule has 0 aliphatic heterocycles. The quantitative estimate of drug-likeness (QED) is 0.732. The minimum absolute atomic E-state index is 0.117. The van der Waals surface area contributed by atoms with Gasteiger partial charge in [-0.15, -0.1) is 0 Å². The van der Waals surface area contributed by atoms with Gasteiger partial charge in [-0.25, -0.2) is 4.39 Å². The molecule has 2 aromatic carbocycles. The molecular formula is C17H17FO. The lowest BCUT2D eigenvalue weighted by molar-refractivity contribution is 0.103. The van der Waals surface area contributed by atoms with Crippen LogP contribution in [0.4, 0.5) is 4.39 Å². The summed E-state index contributed by atoms with van der Waals surface area (Å²) < 4.78 is 13.6. The first-order valence-electron chi connectivity index (χ1n) is 6.29. The van der Waals surface area contributed by atoms with Crippen LogP contribution in [0, 0.1) is 33.5 Å². The Kier molecular flexibility index (Phi) is 3.52. The van der Waals surface area contributed by atoms with Crippen LogP contribution in [0.1, 0.15) is 38.2 Å². The fraction of sp³-hybridized carbons (Fsp3) is 0.235. The van der Waals surface area contributed by atoms with Crippen molar-refractivity contribution in [3.8, 4) is 0 Å². The van der Waals surface area contributed by atoms with Crippen molar-refractivity contribution in [1.82, 2.24) is 0 Å². The highest BCUT2D eigenvalue weighted by molar-refractivity contribution is 6.10. The van der Waals surface area contributed by atoms with Gasteiger partial charge in [-0.1, -0.05) is 29.8 Å². The number of ketones is 1. The van der Waals surface area contributed by atoms with E-state index in [0.29, 0.717) is 16.7 Å². The Bertz CT molecular complexity index is 633. The molecule has 2 heteroatoms. The molecule has 2 aromatic rings. The lowest BCUT2D eigenvalue weighted by Crippen LogP contribution is -2.07. The maximum absolute atomic E-state index is 13.6. The summed E-state index contributed by atoms with van der Waals surface area (Å²) in [6.07, 6.45) is 0. The molecule has 0 fully saturated rings. The second-order valence-corrected chi connectivity index (χ2v) is 5.07. The summed E-state index contributed by atoms with van der Waals surface area (Å²) in [6.45, 7) is 7.52. The molecule has 0 aromatic heterocycles. The zero-order valence-electron chi connectivity index (χ0n) is 11.7. The molecule has 0 bridgehead atoms. The third-order valence-electron chi connectivity index (χ3n) is 3.34. The Balaban J connectivity index is 2.53. The van der Waals surface area contributed by atoms with Gasteiger partial charge < -0.3 is 0 Å². The van der Waals surface area contributed by atoms with Crippen molar-refractivity contribution < 1.29 is 9.18 Å². The van der Waals surface area contributed by atoms with Crippen LogP contribution in [0.15, 0.2) is 30.3 Å². The number of hydrogen-bond donors (Lipinski definition) is 0. The van der Waals surface area contributed by atoms with Gasteiger partial charge in [0.05, 0.1) is 0 Å². The van der Waals surface area contributed by atoms with Crippen molar-refractivity contribution >= 4 is 5.78 Å². The van der Waals surface area contributed by atoms with E-state index < -0.39 is 0 Å². The molecule has 98 valence electrons. The van der Waals surface area contributed by atoms with E-state index in [0.717, 1.165) is 16.7 Å². The van der Waals surface area contributed by atoms with E-state index in [-0.39, 0.29) is 11.6 Å². The average Bonchev–Trinajstić information content (AvgIpc) is 2.31. The van der Waals surface area contributed by atoms with Crippen molar-refractivity contribution in [2.75, 3.05) is 0 Å². The topological polar surface area (TPSA) is 17.1 Å². The highest BCUT2D eigenvalue weighted by Gasteiger charge is 2.15. The summed E-state index contributed by atoms with van der Waals surface area (Å²) in [5.74, 6) is -0.456. The lowest BCUT2D eigenvalue weighted by Gasteiger charge is -2.11. The van der Waals surface area contributed by atoms with E-state index in [4.69, 9.17) is 0 Å². The third-order valence-corrected chi connectivity index (χ3v) is 3.34. The van der Waals surface area contributed by atoms with Crippen LogP contribution in [-0.2, 0) is 0 Å². The van der Waals surface area contributed by atoms with Crippen molar-refractivity contribution in [3.05, 3.63) is 69.5 Å². The number of hydrogen-bond acceptors (Lipinski definition) is 1. The van der Waals surface area contributed by atoms with Gasteiger partial charge in [0.25, 0.3) is 0 Å². The van der Waals surface area contributed by atoms with Crippen LogP contribution in [-0.4, -0.2) is 5.78 Å². The van der Waals surface area contributed by atoms with Gasteiger partial charge in [-0.3, -0.25) is 4.79 Å². The van der Waals surface area contributed by atoms with Crippen LogP contribution in [0.2, 0.25) is 0 Å². The second kappa shape index (κ2) is 4.96. The Morgan fingerprint density at radius 1 is 0.895 bits per heavy atom. The van der Waals surface area contributed by atoms with Crippen molar-refractivity contribution in [2.45, 2.75) is 27.7 Å². The third kappa shape index (κ3) is 2.58. The summed E-state index contributed by atoms with van der Waals surface area (Å²) >= 11 is 0. The Labute approximate surface area is 113 Å². The Morgan fingerprint density at radius 3 is 2.00 bits per heavy atom. The zero-order valence-corrected chi connectivity index (χ0v) is 11.7. The van der Waals surface area contributed by atoms with Gasteiger partial charge in [0.1, 0.15) is 5.82 Å². The van der Waals surface area contributed by atoms with E-state index in [9.17, 15) is 9.18 Å². The highest BCUT2D eigenvalue weighted by atomic mass is 19.1. The molecule has 0 atom stereocenters. The van der Waals surface area contributed by atoms with Gasteiger partial charge in [0, 0.05) is 11.1 Å². The van der Waals surface area contributed by atoms with Gasteiger partial charge in [-0.05, 0) is 50.5 Å². The lowest BCUT2D eigenvalue weighted by atomic mass is 9.93. The smallest absolute Gasteiger partial charge is 0.193 e. The van der Waals surface area contributed by atoms with Gasteiger partial charge in [0.15, 0.2) is 5.78 Å². The SMILES string of the molecule is Cc1cc(C)c(C(=O)c2ccc(C)c(F)c2)c(C)c1. The molecule has 0 amide bonds. The summed E-state index contributed by atoms with van der Waals surface area (Å²) in [5, 5.41) is 0. The first-order valence-corrected chi connectivity index (χ1v) is 6.29. The molecule has 0 saturated heterocycles. The summed E-state index contributed by atoms with van der Waals surface area (Å²) in [6, 6.07) is 8.59. The Hall–Kier alpha value is -1.96. The number of rotatable bonds is 2. The number of halogens is 1. The molecule has 0 heterocycles. The number of carbonyl (C=O) groups is 1. The monoisotopic (exact) mass is 256 g/mol. The maximum atomic E-state index is 13.6. The number of benzene rings is 2. The van der Waals surface area contributed by atoms with Crippen LogP contribution in [0.3, 0.4) is 0 Å². The van der Waals surface area contributed by atoms with E-state index >= 15 is 0 Å². The van der Waals surface area contributed by atoms with Gasteiger partial charge in [-0.2, -0.15) is 0 Å². The van der Waals surface area contributed by atoms with Gasteiger partial charge >= 0.3 is 0 Å². The van der Waals surface area contributed by atoms with E-state index in [1.807, 2.05) is 32.9 Å². The highest BCUT2D eigenvalue weighted by Crippen LogP contribution is 2.21. The first-order chi connectivity index (χ1) is 8.90. The first kappa shape index (κ1) is 13.5. The van der Waals surface area contributed by atoms with Crippen molar-refractivity contribution in [3.63, 3.8) is 0 Å². The van der Waals surface area contributed by atoms with E-state index in [2.05, 4.69) is 0 Å². The van der Waals surface area contributed by atoms with Gasteiger partial charge in [0.2, 0.25) is 0 Å². The Morgan fingerprint density at radius 2 is 1.47 bits per heavy atom. The fourth-order valence-electron chi connectivity index (χ4n) is 2.42. The normalized spacial score (nSPS) is 10.6. The average molecular weight is 256 g/mol. The van der Waals surface area contributed by atoms with Crippen molar-refractivity contribution in [1.29, 1.82) is 0 Å². The summed E-state index contributed by atoms with van der Waals surface area (Å²) in [5.41, 5.74) is 4.62. The van der Waals surface area contributed by atoms with Crippen LogP contribution in [0.5, 0.6) is 0 Å². The fourth-order valence-corrected chi connectivity index (χ4v) is 2.42. The van der Waals surface area contributed by atoms with E-state index in [1.165, 1.54) is 6.07 Å². The maximum Gasteiger partial charge on any atom is 0.193 e. The molecule has 0 aliphatic carbocycles. The molecule has 0 N–H and O–H groups in total. The minimum atomic E-state index is -0.340.